The van der Waals surface area contributed by atoms with Gasteiger partial charge in [-0.25, -0.2) is 4.98 Å². The standard InChI is InChI=1S/C16H15ClN2O/c1-18-14(11-5-4-6-12(17)9-11)10-16-19-13-7-2-3-8-15(13)20-16/h2-9,14,18H,10H2,1H3. The Hall–Kier alpha value is -1.84. The lowest BCUT2D eigenvalue weighted by molar-refractivity contribution is 0.474. The van der Waals surface area contributed by atoms with Crippen LogP contribution in [0.15, 0.2) is 52.9 Å². The monoisotopic (exact) mass is 286 g/mol. The van der Waals surface area contributed by atoms with Crippen LogP contribution in [0.25, 0.3) is 11.1 Å². The first kappa shape index (κ1) is 13.2. The molecule has 1 aromatic heterocycles. The van der Waals surface area contributed by atoms with Gasteiger partial charge in [-0.1, -0.05) is 35.9 Å². The minimum Gasteiger partial charge on any atom is -0.441 e. The minimum absolute atomic E-state index is 0.127. The van der Waals surface area contributed by atoms with Crippen LogP contribution in [-0.2, 0) is 6.42 Å². The van der Waals surface area contributed by atoms with E-state index in [4.69, 9.17) is 16.0 Å². The van der Waals surface area contributed by atoms with Crippen LogP contribution in [0.2, 0.25) is 5.02 Å². The van der Waals surface area contributed by atoms with Crippen LogP contribution >= 0.6 is 11.6 Å². The summed E-state index contributed by atoms with van der Waals surface area (Å²) in [5, 5.41) is 4.02. The minimum atomic E-state index is 0.127. The van der Waals surface area contributed by atoms with E-state index in [0.29, 0.717) is 6.42 Å². The van der Waals surface area contributed by atoms with E-state index in [-0.39, 0.29) is 6.04 Å². The summed E-state index contributed by atoms with van der Waals surface area (Å²) in [7, 11) is 1.92. The highest BCUT2D eigenvalue weighted by molar-refractivity contribution is 6.30. The number of hydrogen-bond donors (Lipinski definition) is 1. The van der Waals surface area contributed by atoms with Gasteiger partial charge >= 0.3 is 0 Å². The van der Waals surface area contributed by atoms with E-state index in [1.54, 1.807) is 0 Å². The largest absolute Gasteiger partial charge is 0.441 e. The molecule has 0 saturated carbocycles. The van der Waals surface area contributed by atoms with Crippen LogP contribution in [0, 0.1) is 0 Å². The maximum absolute atomic E-state index is 6.05. The number of oxazole rings is 1. The average molecular weight is 287 g/mol. The van der Waals surface area contributed by atoms with Crippen LogP contribution in [0.5, 0.6) is 0 Å². The summed E-state index contributed by atoms with van der Waals surface area (Å²) in [6.45, 7) is 0. The van der Waals surface area contributed by atoms with Crippen molar-refractivity contribution in [2.75, 3.05) is 7.05 Å². The van der Waals surface area contributed by atoms with Crippen LogP contribution in [-0.4, -0.2) is 12.0 Å². The summed E-state index contributed by atoms with van der Waals surface area (Å²) in [5.74, 6) is 0.727. The van der Waals surface area contributed by atoms with E-state index in [1.807, 2.05) is 49.5 Å². The molecule has 0 bridgehead atoms. The average Bonchev–Trinajstić information content (AvgIpc) is 2.87. The highest BCUT2D eigenvalue weighted by Crippen LogP contribution is 2.23. The fourth-order valence-electron chi connectivity index (χ4n) is 2.29. The zero-order valence-corrected chi connectivity index (χ0v) is 11.9. The number of halogens is 1. The first-order valence-electron chi connectivity index (χ1n) is 6.53. The lowest BCUT2D eigenvalue weighted by Gasteiger charge is -2.14. The van der Waals surface area contributed by atoms with Crippen LogP contribution in [0.3, 0.4) is 0 Å². The Kier molecular flexibility index (Phi) is 3.72. The normalized spacial score (nSPS) is 12.7. The Balaban J connectivity index is 1.87. The first-order chi connectivity index (χ1) is 9.76. The van der Waals surface area contributed by atoms with Crippen LogP contribution < -0.4 is 5.32 Å². The Morgan fingerprint density at radius 3 is 2.80 bits per heavy atom. The van der Waals surface area contributed by atoms with Crippen molar-refractivity contribution in [3.05, 3.63) is 65.0 Å². The molecule has 3 rings (SSSR count). The number of nitrogens with zero attached hydrogens (tertiary/aromatic N) is 1. The van der Waals surface area contributed by atoms with Gasteiger partial charge in [-0.3, -0.25) is 0 Å². The van der Waals surface area contributed by atoms with Crippen molar-refractivity contribution in [3.63, 3.8) is 0 Å². The maximum atomic E-state index is 6.05. The summed E-state index contributed by atoms with van der Waals surface area (Å²) in [6.07, 6.45) is 0.686. The Bertz CT molecular complexity index is 690. The second-order valence-corrected chi connectivity index (χ2v) is 5.11. The highest BCUT2D eigenvalue weighted by atomic mass is 35.5. The highest BCUT2D eigenvalue weighted by Gasteiger charge is 2.14. The number of nitrogens with one attached hydrogen (secondary N) is 1. The third-order valence-corrected chi connectivity index (χ3v) is 3.55. The number of hydrogen-bond acceptors (Lipinski definition) is 3. The third-order valence-electron chi connectivity index (χ3n) is 3.32. The number of fused-ring (bicyclic) bond motifs is 1. The summed E-state index contributed by atoms with van der Waals surface area (Å²) in [4.78, 5) is 4.51. The second-order valence-electron chi connectivity index (χ2n) is 4.68. The van der Waals surface area contributed by atoms with Crippen LogP contribution in [0.1, 0.15) is 17.5 Å². The SMILES string of the molecule is CNC(Cc1nc2ccccc2o1)c1cccc(Cl)c1. The summed E-state index contributed by atoms with van der Waals surface area (Å²) in [6, 6.07) is 15.8. The van der Waals surface area contributed by atoms with Gasteiger partial charge in [0.2, 0.25) is 0 Å². The fraction of sp³-hybridized carbons (Fsp3) is 0.188. The molecule has 0 amide bonds. The topological polar surface area (TPSA) is 38.1 Å². The number of benzene rings is 2. The smallest absolute Gasteiger partial charge is 0.197 e. The van der Waals surface area contributed by atoms with E-state index in [1.165, 1.54) is 0 Å². The van der Waals surface area contributed by atoms with Gasteiger partial charge in [-0.05, 0) is 36.9 Å². The van der Waals surface area contributed by atoms with Gasteiger partial charge in [0.15, 0.2) is 11.5 Å². The molecule has 3 aromatic rings. The molecule has 20 heavy (non-hydrogen) atoms. The van der Waals surface area contributed by atoms with Crippen molar-refractivity contribution in [2.45, 2.75) is 12.5 Å². The molecule has 0 fully saturated rings. The zero-order valence-electron chi connectivity index (χ0n) is 11.1. The molecule has 102 valence electrons. The molecule has 0 aliphatic carbocycles. The molecule has 0 aliphatic rings. The molecule has 4 heteroatoms. The Labute approximate surface area is 122 Å². The molecule has 2 aromatic carbocycles. The van der Waals surface area contributed by atoms with Crippen molar-refractivity contribution in [1.29, 1.82) is 0 Å². The van der Waals surface area contributed by atoms with Crippen molar-refractivity contribution in [1.82, 2.24) is 10.3 Å². The fourth-order valence-corrected chi connectivity index (χ4v) is 2.49. The van der Waals surface area contributed by atoms with Crippen molar-refractivity contribution >= 4 is 22.7 Å². The van der Waals surface area contributed by atoms with Crippen molar-refractivity contribution in [2.24, 2.45) is 0 Å². The molecule has 0 spiro atoms. The quantitative estimate of drug-likeness (QED) is 0.788. The molecule has 0 saturated heterocycles. The van der Waals surface area contributed by atoms with E-state index in [0.717, 1.165) is 27.6 Å². The molecular weight excluding hydrogens is 272 g/mol. The van der Waals surface area contributed by atoms with E-state index in [9.17, 15) is 0 Å². The number of para-hydroxylation sites is 2. The van der Waals surface area contributed by atoms with Gasteiger partial charge in [0.05, 0.1) is 0 Å². The summed E-state index contributed by atoms with van der Waals surface area (Å²) in [5.41, 5.74) is 2.84. The Morgan fingerprint density at radius 2 is 2.05 bits per heavy atom. The summed E-state index contributed by atoms with van der Waals surface area (Å²) >= 11 is 6.05. The zero-order chi connectivity index (χ0) is 13.9. The number of rotatable bonds is 4. The second kappa shape index (κ2) is 5.65. The van der Waals surface area contributed by atoms with Gasteiger partial charge in [0, 0.05) is 17.5 Å². The number of likely N-dealkylation sites (N-methyl/N-ethyl adjacent to an activating group) is 1. The number of aromatic nitrogens is 1. The van der Waals surface area contributed by atoms with Gasteiger partial charge < -0.3 is 9.73 Å². The van der Waals surface area contributed by atoms with E-state index >= 15 is 0 Å². The van der Waals surface area contributed by atoms with Crippen molar-refractivity contribution < 1.29 is 4.42 Å². The molecule has 1 unspecified atom stereocenters. The third kappa shape index (κ3) is 2.69. The molecule has 1 N–H and O–H groups in total. The lowest BCUT2D eigenvalue weighted by atomic mass is 10.0. The van der Waals surface area contributed by atoms with E-state index in [2.05, 4.69) is 16.4 Å². The molecule has 0 aliphatic heterocycles. The molecule has 3 nitrogen and oxygen atoms in total. The Morgan fingerprint density at radius 1 is 1.20 bits per heavy atom. The predicted octanol–water partition coefficient (Wildman–Crippen LogP) is 3.98. The summed E-state index contributed by atoms with van der Waals surface area (Å²) < 4.78 is 5.77. The first-order valence-corrected chi connectivity index (χ1v) is 6.91. The van der Waals surface area contributed by atoms with Gasteiger partial charge in [-0.15, -0.1) is 0 Å². The van der Waals surface area contributed by atoms with Gasteiger partial charge in [-0.2, -0.15) is 0 Å². The maximum Gasteiger partial charge on any atom is 0.197 e. The van der Waals surface area contributed by atoms with Crippen molar-refractivity contribution in [3.8, 4) is 0 Å². The predicted molar refractivity (Wildman–Crippen MR) is 81.0 cm³/mol. The van der Waals surface area contributed by atoms with E-state index < -0.39 is 0 Å². The molecule has 0 radical (unpaired) electrons. The van der Waals surface area contributed by atoms with Crippen LogP contribution in [0.4, 0.5) is 0 Å². The van der Waals surface area contributed by atoms with Gasteiger partial charge in [0.1, 0.15) is 5.52 Å². The molecule has 1 heterocycles. The van der Waals surface area contributed by atoms with Gasteiger partial charge in [0.25, 0.3) is 0 Å². The molecule has 1 atom stereocenters. The lowest BCUT2D eigenvalue weighted by Crippen LogP contribution is -2.18. The molecular formula is C16H15ClN2O.